The summed E-state index contributed by atoms with van der Waals surface area (Å²) in [6, 6.07) is 13.7. The molecule has 0 atom stereocenters. The molecule has 8 nitrogen and oxygen atoms in total. The first kappa shape index (κ1) is 26.6. The third kappa shape index (κ3) is 6.98. The zero-order valence-electron chi connectivity index (χ0n) is 18.1. The molecule has 0 aromatic heterocycles. The summed E-state index contributed by atoms with van der Waals surface area (Å²) in [5.74, 6) is -1.32. The number of alkyl halides is 3. The van der Waals surface area contributed by atoms with Gasteiger partial charge in [0.05, 0.1) is 34.6 Å². The van der Waals surface area contributed by atoms with Crippen molar-refractivity contribution in [1.29, 1.82) is 0 Å². The normalized spacial score (nSPS) is 11.1. The highest BCUT2D eigenvalue weighted by molar-refractivity contribution is 6.31. The fourth-order valence-corrected chi connectivity index (χ4v) is 3.39. The van der Waals surface area contributed by atoms with Gasteiger partial charge in [-0.2, -0.15) is 18.3 Å². The van der Waals surface area contributed by atoms with Crippen molar-refractivity contribution in [2.24, 2.45) is 10.2 Å². The maximum absolute atomic E-state index is 13.0. The largest absolute Gasteiger partial charge is 0.417 e. The fraction of sp³-hybridized carbons (Fsp3) is 0.0870. The maximum Gasteiger partial charge on any atom is 0.417 e. The monoisotopic (exact) mass is 534 g/mol. The number of nitrogens with zero attached hydrogens (tertiary/aromatic N) is 4. The second-order valence-electron chi connectivity index (χ2n) is 7.17. The number of hydrazone groups is 1. The highest BCUT2D eigenvalue weighted by Gasteiger charge is 2.33. The number of benzene rings is 3. The highest BCUT2D eigenvalue weighted by Crippen LogP contribution is 2.34. The van der Waals surface area contributed by atoms with Gasteiger partial charge in [0.2, 0.25) is 0 Å². The predicted octanol–water partition coefficient (Wildman–Crippen LogP) is 6.84. The van der Waals surface area contributed by atoms with E-state index in [1.165, 1.54) is 36.4 Å². The first-order valence-corrected chi connectivity index (χ1v) is 10.7. The van der Waals surface area contributed by atoms with Crippen molar-refractivity contribution in [2.75, 3.05) is 5.32 Å². The SMILES string of the molecule is [N-]=[N+]=NCc1cccc(C(=O)Nc2ccc(Cl)cc2C(=O)N/N=C/c2ccc(Cl)c(C(F)(F)F)c2)c1. The molecule has 0 aliphatic carbocycles. The summed E-state index contributed by atoms with van der Waals surface area (Å²) in [5, 5.41) is 9.48. The lowest BCUT2D eigenvalue weighted by molar-refractivity contribution is -0.137. The van der Waals surface area contributed by atoms with Crippen LogP contribution in [0.5, 0.6) is 0 Å². The lowest BCUT2D eigenvalue weighted by Gasteiger charge is -2.11. The Kier molecular flexibility index (Phi) is 8.55. The standard InChI is InChI=1S/C23H15Cl2F3N6O2/c24-16-5-7-20(32-21(35)15-3-1-2-13(8-15)12-31-34-29)17(10-16)22(36)33-30-11-14-4-6-19(25)18(9-14)23(26,27)28/h1-11H,12H2,(H,32,35)(H,33,36)/b30-11+. The Hall–Kier alpha value is -4.05. The Morgan fingerprint density at radius 3 is 2.53 bits per heavy atom. The molecule has 0 heterocycles. The van der Waals surface area contributed by atoms with Crippen LogP contribution in [-0.4, -0.2) is 18.0 Å². The van der Waals surface area contributed by atoms with E-state index >= 15 is 0 Å². The van der Waals surface area contributed by atoms with E-state index in [1.54, 1.807) is 12.1 Å². The lowest BCUT2D eigenvalue weighted by Crippen LogP contribution is -2.21. The molecule has 0 bridgehead atoms. The van der Waals surface area contributed by atoms with Gasteiger partial charge in [0.25, 0.3) is 11.8 Å². The molecular weight excluding hydrogens is 520 g/mol. The smallest absolute Gasteiger partial charge is 0.321 e. The lowest BCUT2D eigenvalue weighted by atomic mass is 10.1. The fourth-order valence-electron chi connectivity index (χ4n) is 3.00. The average Bonchev–Trinajstić information content (AvgIpc) is 2.84. The van der Waals surface area contributed by atoms with Crippen molar-refractivity contribution < 1.29 is 22.8 Å². The van der Waals surface area contributed by atoms with Gasteiger partial charge in [-0.3, -0.25) is 9.59 Å². The summed E-state index contributed by atoms with van der Waals surface area (Å²) < 4.78 is 39.1. The summed E-state index contributed by atoms with van der Waals surface area (Å²) in [6.07, 6.45) is -3.64. The number of carbonyl (C=O) groups excluding carboxylic acids is 2. The van der Waals surface area contributed by atoms with Crippen molar-refractivity contribution in [3.05, 3.63) is 109 Å². The van der Waals surface area contributed by atoms with Crippen molar-refractivity contribution in [3.8, 4) is 0 Å². The predicted molar refractivity (Wildman–Crippen MR) is 130 cm³/mol. The molecule has 0 saturated heterocycles. The third-order valence-corrected chi connectivity index (χ3v) is 5.22. The summed E-state index contributed by atoms with van der Waals surface area (Å²) in [5.41, 5.74) is 10.6. The minimum atomic E-state index is -4.65. The van der Waals surface area contributed by atoms with Gasteiger partial charge < -0.3 is 5.32 Å². The molecule has 0 fully saturated rings. The number of hydrogen-bond acceptors (Lipinski definition) is 4. The van der Waals surface area contributed by atoms with Gasteiger partial charge in [0.15, 0.2) is 0 Å². The minimum absolute atomic E-state index is 0.0367. The quantitative estimate of drug-likeness (QED) is 0.113. The van der Waals surface area contributed by atoms with Crippen molar-refractivity contribution in [3.63, 3.8) is 0 Å². The molecule has 13 heteroatoms. The zero-order valence-corrected chi connectivity index (χ0v) is 19.6. The number of halogens is 5. The van der Waals surface area contributed by atoms with E-state index in [1.807, 2.05) is 0 Å². The van der Waals surface area contributed by atoms with Crippen LogP contribution in [0.4, 0.5) is 18.9 Å². The van der Waals surface area contributed by atoms with Crippen LogP contribution < -0.4 is 10.7 Å². The molecule has 3 rings (SSSR count). The van der Waals surface area contributed by atoms with E-state index in [0.717, 1.165) is 18.3 Å². The van der Waals surface area contributed by atoms with Crippen molar-refractivity contribution in [2.45, 2.75) is 12.7 Å². The Bertz CT molecular complexity index is 1390. The second-order valence-corrected chi connectivity index (χ2v) is 8.01. The maximum atomic E-state index is 13.0. The molecule has 0 unspecified atom stereocenters. The van der Waals surface area contributed by atoms with Gasteiger partial charge in [-0.15, -0.1) is 0 Å². The molecule has 2 amide bonds. The number of rotatable bonds is 7. The second kappa shape index (κ2) is 11.6. The van der Waals surface area contributed by atoms with Crippen LogP contribution in [0.2, 0.25) is 10.0 Å². The van der Waals surface area contributed by atoms with E-state index in [4.69, 9.17) is 28.7 Å². The first-order chi connectivity index (χ1) is 17.1. The number of nitrogens with one attached hydrogen (secondary N) is 2. The van der Waals surface area contributed by atoms with E-state index in [2.05, 4.69) is 25.9 Å². The van der Waals surface area contributed by atoms with Gasteiger partial charge in [-0.1, -0.05) is 46.5 Å². The molecule has 36 heavy (non-hydrogen) atoms. The molecule has 184 valence electrons. The number of hydrogen-bond donors (Lipinski definition) is 2. The number of anilines is 1. The van der Waals surface area contributed by atoms with Crippen LogP contribution in [0.15, 0.2) is 70.9 Å². The molecule has 0 saturated carbocycles. The Morgan fingerprint density at radius 1 is 1.03 bits per heavy atom. The van der Waals surface area contributed by atoms with Crippen molar-refractivity contribution in [1.82, 2.24) is 5.43 Å². The third-order valence-electron chi connectivity index (χ3n) is 4.66. The van der Waals surface area contributed by atoms with Crippen molar-refractivity contribution >= 4 is 46.9 Å². The van der Waals surface area contributed by atoms with Crippen LogP contribution >= 0.6 is 23.2 Å². The molecule has 3 aromatic carbocycles. The highest BCUT2D eigenvalue weighted by atomic mass is 35.5. The molecule has 2 N–H and O–H groups in total. The van der Waals surface area contributed by atoms with E-state index in [-0.39, 0.29) is 33.9 Å². The van der Waals surface area contributed by atoms with Gasteiger partial charge in [0.1, 0.15) is 0 Å². The topological polar surface area (TPSA) is 119 Å². The molecule has 3 aromatic rings. The number of carbonyl (C=O) groups is 2. The summed E-state index contributed by atoms with van der Waals surface area (Å²) in [4.78, 5) is 28.1. The van der Waals surface area contributed by atoms with Gasteiger partial charge in [-0.05, 0) is 59.1 Å². The number of amides is 2. The summed E-state index contributed by atoms with van der Waals surface area (Å²) in [6.45, 7) is 0.0578. The van der Waals surface area contributed by atoms with Crippen LogP contribution in [0.3, 0.4) is 0 Å². The Morgan fingerprint density at radius 2 is 1.81 bits per heavy atom. The van der Waals surface area contributed by atoms with E-state index in [0.29, 0.717) is 5.56 Å². The van der Waals surface area contributed by atoms with Gasteiger partial charge in [0, 0.05) is 15.5 Å². The molecule has 0 spiro atoms. The molecular formula is C23H15Cl2F3N6O2. The van der Waals surface area contributed by atoms with Gasteiger partial charge in [-0.25, -0.2) is 5.43 Å². The van der Waals surface area contributed by atoms with E-state index < -0.39 is 28.6 Å². The van der Waals surface area contributed by atoms with Gasteiger partial charge >= 0.3 is 6.18 Å². The van der Waals surface area contributed by atoms with Crippen LogP contribution in [0.25, 0.3) is 10.4 Å². The average molecular weight is 535 g/mol. The van der Waals surface area contributed by atoms with Crippen LogP contribution in [0, 0.1) is 0 Å². The number of azide groups is 1. The van der Waals surface area contributed by atoms with Crippen LogP contribution in [-0.2, 0) is 12.7 Å². The van der Waals surface area contributed by atoms with Crippen LogP contribution in [0.1, 0.15) is 37.4 Å². The zero-order chi connectivity index (χ0) is 26.3. The minimum Gasteiger partial charge on any atom is -0.321 e. The Labute approximate surface area is 212 Å². The van der Waals surface area contributed by atoms with E-state index in [9.17, 15) is 22.8 Å². The Balaban J connectivity index is 1.77. The molecule has 0 aliphatic rings. The molecule has 0 radical (unpaired) electrons. The summed E-state index contributed by atoms with van der Waals surface area (Å²) >= 11 is 11.6. The molecule has 0 aliphatic heterocycles. The first-order valence-electron chi connectivity index (χ1n) is 9.99. The summed E-state index contributed by atoms with van der Waals surface area (Å²) in [7, 11) is 0.